The minimum Gasteiger partial charge on any atom is -0.508 e. The topological polar surface area (TPSA) is 117 Å². The summed E-state index contributed by atoms with van der Waals surface area (Å²) in [5, 5.41) is 29.1. The Morgan fingerprint density at radius 3 is 2.67 bits per heavy atom. The lowest BCUT2D eigenvalue weighted by molar-refractivity contribution is 0.428. The van der Waals surface area contributed by atoms with E-state index in [9.17, 15) is 20.1 Å². The lowest BCUT2D eigenvalue weighted by atomic mass is 10.0. The molecule has 1 aliphatic rings. The van der Waals surface area contributed by atoms with Crippen molar-refractivity contribution < 1.29 is 19.7 Å². The zero-order valence-corrected chi connectivity index (χ0v) is 11.0. The van der Waals surface area contributed by atoms with Crippen molar-refractivity contribution >= 4 is 16.5 Å². The van der Waals surface area contributed by atoms with E-state index in [0.717, 1.165) is 6.07 Å². The van der Waals surface area contributed by atoms with Gasteiger partial charge in [0.1, 0.15) is 22.5 Å². The Morgan fingerprint density at radius 1 is 1.19 bits per heavy atom. The molecule has 2 aromatic rings. The fourth-order valence-corrected chi connectivity index (χ4v) is 2.35. The van der Waals surface area contributed by atoms with Crippen LogP contribution in [0.3, 0.4) is 0 Å². The van der Waals surface area contributed by atoms with Gasteiger partial charge in [-0.15, -0.1) is 0 Å². The second kappa shape index (κ2) is 4.59. The van der Waals surface area contributed by atoms with E-state index in [2.05, 4.69) is 0 Å². The van der Waals surface area contributed by atoms with Crippen LogP contribution in [0.2, 0.25) is 0 Å². The quantitative estimate of drug-likeness (QED) is 0.636. The number of hydrogen-bond acceptors (Lipinski definition) is 6. The molecule has 0 fully saturated rings. The van der Waals surface area contributed by atoms with E-state index in [1.165, 1.54) is 6.07 Å². The molecule has 108 valence electrons. The third-order valence-corrected chi connectivity index (χ3v) is 3.34. The monoisotopic (exact) mass is 287 g/mol. The number of hydrogen-bond donors (Lipinski definition) is 4. The summed E-state index contributed by atoms with van der Waals surface area (Å²) in [7, 11) is 0. The molecular formula is C15H13NO5. The number of aromatic hydroxyl groups is 3. The summed E-state index contributed by atoms with van der Waals surface area (Å²) in [5.41, 5.74) is 6.10. The van der Waals surface area contributed by atoms with Crippen LogP contribution in [-0.4, -0.2) is 15.3 Å². The van der Waals surface area contributed by atoms with Crippen LogP contribution in [0.15, 0.2) is 39.2 Å². The Kier molecular flexibility index (Phi) is 2.86. The number of rotatable bonds is 1. The second-order valence-corrected chi connectivity index (χ2v) is 4.86. The van der Waals surface area contributed by atoms with Crippen LogP contribution >= 0.6 is 0 Å². The first kappa shape index (κ1) is 13.1. The Balaban J connectivity index is 2.33. The molecule has 1 aromatic carbocycles. The standard InChI is InChI=1S/C15H13NO5/c16-8-3-1-2-7(4-8)15-14(20)13(19)12-10(18)5-9(17)6-11(12)21-15/h2,4-6,17-18,20H,1,3,16H2. The van der Waals surface area contributed by atoms with Gasteiger partial charge in [-0.25, -0.2) is 0 Å². The highest BCUT2D eigenvalue weighted by Crippen LogP contribution is 2.34. The molecular weight excluding hydrogens is 274 g/mol. The molecule has 0 radical (unpaired) electrons. The number of phenolic OH excluding ortho intramolecular Hbond substituents is 2. The van der Waals surface area contributed by atoms with Gasteiger partial charge in [0.25, 0.3) is 0 Å². The van der Waals surface area contributed by atoms with Crippen LogP contribution in [0.1, 0.15) is 18.6 Å². The zero-order valence-electron chi connectivity index (χ0n) is 11.0. The first-order chi connectivity index (χ1) is 9.97. The Bertz CT molecular complexity index is 860. The minimum atomic E-state index is -0.762. The van der Waals surface area contributed by atoms with Crippen LogP contribution in [0.4, 0.5) is 0 Å². The van der Waals surface area contributed by atoms with Gasteiger partial charge in [0.15, 0.2) is 5.76 Å². The second-order valence-electron chi connectivity index (χ2n) is 4.86. The third kappa shape index (κ3) is 2.10. The number of nitrogens with two attached hydrogens (primary N) is 1. The highest BCUT2D eigenvalue weighted by atomic mass is 16.4. The van der Waals surface area contributed by atoms with Crippen LogP contribution in [0.5, 0.6) is 17.2 Å². The van der Waals surface area contributed by atoms with Crippen molar-refractivity contribution in [2.45, 2.75) is 12.8 Å². The maximum atomic E-state index is 12.2. The summed E-state index contributed by atoms with van der Waals surface area (Å²) in [5.74, 6) is -1.32. The lowest BCUT2D eigenvalue weighted by Crippen LogP contribution is -2.06. The third-order valence-electron chi connectivity index (χ3n) is 3.34. The van der Waals surface area contributed by atoms with Crippen LogP contribution in [-0.2, 0) is 0 Å². The highest BCUT2D eigenvalue weighted by Gasteiger charge is 2.20. The van der Waals surface area contributed by atoms with Crippen LogP contribution in [0, 0.1) is 0 Å². The highest BCUT2D eigenvalue weighted by molar-refractivity contribution is 5.88. The Morgan fingerprint density at radius 2 is 1.95 bits per heavy atom. The van der Waals surface area contributed by atoms with E-state index in [1.807, 2.05) is 0 Å². The summed E-state index contributed by atoms with van der Waals surface area (Å²) in [6, 6.07) is 2.21. The molecule has 1 aliphatic carbocycles. The molecule has 21 heavy (non-hydrogen) atoms. The van der Waals surface area contributed by atoms with Crippen LogP contribution < -0.4 is 11.2 Å². The minimum absolute atomic E-state index is 0.0104. The van der Waals surface area contributed by atoms with E-state index < -0.39 is 16.9 Å². The van der Waals surface area contributed by atoms with Crippen molar-refractivity contribution in [2.24, 2.45) is 5.73 Å². The summed E-state index contributed by atoms with van der Waals surface area (Å²) in [6.45, 7) is 0. The molecule has 3 rings (SSSR count). The summed E-state index contributed by atoms with van der Waals surface area (Å²) in [4.78, 5) is 12.2. The summed E-state index contributed by atoms with van der Waals surface area (Å²) < 4.78 is 5.48. The maximum absolute atomic E-state index is 12.2. The molecule has 0 aliphatic heterocycles. The molecule has 0 spiro atoms. The zero-order chi connectivity index (χ0) is 15.1. The molecule has 0 saturated heterocycles. The van der Waals surface area contributed by atoms with Crippen molar-refractivity contribution in [2.75, 3.05) is 0 Å². The molecule has 5 N–H and O–H groups in total. The van der Waals surface area contributed by atoms with Crippen LogP contribution in [0.25, 0.3) is 16.5 Å². The first-order valence-electron chi connectivity index (χ1n) is 6.35. The number of phenols is 2. The molecule has 0 atom stereocenters. The van der Waals surface area contributed by atoms with E-state index in [0.29, 0.717) is 24.1 Å². The Hall–Kier alpha value is -2.89. The smallest absolute Gasteiger partial charge is 0.238 e. The van der Waals surface area contributed by atoms with Crippen molar-refractivity contribution in [1.82, 2.24) is 0 Å². The van der Waals surface area contributed by atoms with E-state index in [4.69, 9.17) is 10.2 Å². The number of allylic oxidation sites excluding steroid dienone is 4. The van der Waals surface area contributed by atoms with E-state index in [1.54, 1.807) is 12.2 Å². The van der Waals surface area contributed by atoms with Gasteiger partial charge in [-0.05, 0) is 18.9 Å². The Labute approximate surface area is 119 Å². The fourth-order valence-electron chi connectivity index (χ4n) is 2.35. The molecule has 6 nitrogen and oxygen atoms in total. The predicted molar refractivity (Wildman–Crippen MR) is 77.0 cm³/mol. The van der Waals surface area contributed by atoms with Crippen molar-refractivity contribution in [1.29, 1.82) is 0 Å². The first-order valence-corrected chi connectivity index (χ1v) is 6.35. The number of benzene rings is 1. The van der Waals surface area contributed by atoms with Gasteiger partial charge in [0.05, 0.1) is 0 Å². The molecule has 0 unspecified atom stereocenters. The van der Waals surface area contributed by atoms with E-state index >= 15 is 0 Å². The van der Waals surface area contributed by atoms with Gasteiger partial charge < -0.3 is 25.5 Å². The van der Waals surface area contributed by atoms with Gasteiger partial charge in [0.2, 0.25) is 11.2 Å². The SMILES string of the molecule is NC1=CC(c2oc3cc(O)cc(O)c3c(=O)c2O)=CCC1. The largest absolute Gasteiger partial charge is 0.508 e. The van der Waals surface area contributed by atoms with Crippen molar-refractivity contribution in [3.63, 3.8) is 0 Å². The number of fused-ring (bicyclic) bond motifs is 1. The molecule has 1 heterocycles. The van der Waals surface area contributed by atoms with Gasteiger partial charge in [0, 0.05) is 23.4 Å². The van der Waals surface area contributed by atoms with E-state index in [-0.39, 0.29) is 22.5 Å². The lowest BCUT2D eigenvalue weighted by Gasteiger charge is -2.12. The maximum Gasteiger partial charge on any atom is 0.238 e. The van der Waals surface area contributed by atoms with Crippen molar-refractivity contribution in [3.05, 3.63) is 46.0 Å². The van der Waals surface area contributed by atoms with Gasteiger partial charge >= 0.3 is 0 Å². The predicted octanol–water partition coefficient (Wildman–Crippen LogP) is 1.93. The average molecular weight is 287 g/mol. The molecule has 0 bridgehead atoms. The molecule has 1 aromatic heterocycles. The van der Waals surface area contributed by atoms with Gasteiger partial charge in [-0.3, -0.25) is 4.79 Å². The summed E-state index contributed by atoms with van der Waals surface area (Å²) >= 11 is 0. The average Bonchev–Trinajstić information content (AvgIpc) is 2.42. The van der Waals surface area contributed by atoms with Gasteiger partial charge in [-0.2, -0.15) is 0 Å². The normalized spacial score (nSPS) is 14.9. The van der Waals surface area contributed by atoms with Crippen molar-refractivity contribution in [3.8, 4) is 17.2 Å². The molecule has 6 heteroatoms. The molecule has 0 saturated carbocycles. The molecule has 0 amide bonds. The summed E-state index contributed by atoms with van der Waals surface area (Å²) in [6.07, 6.45) is 4.78. The van der Waals surface area contributed by atoms with Gasteiger partial charge in [-0.1, -0.05) is 6.08 Å². The fraction of sp³-hybridized carbons (Fsp3) is 0.133.